The zero-order valence-corrected chi connectivity index (χ0v) is 14.7. The second-order valence-electron chi connectivity index (χ2n) is 7.92. The Labute approximate surface area is 147 Å². The van der Waals surface area contributed by atoms with Crippen molar-refractivity contribution < 1.29 is 18.9 Å². The molecule has 0 amide bonds. The molecule has 0 N–H and O–H groups in total. The number of likely N-dealkylation sites (N-methyl/N-ethyl adjacent to an activating group) is 1. The summed E-state index contributed by atoms with van der Waals surface area (Å²) >= 11 is 0. The SMILES string of the molecule is COc1ccc2c3c1O[C@H]1C4(CC=C5[C@@H](C2)N(C)CC[C@]531)OCCO4. The van der Waals surface area contributed by atoms with Crippen molar-refractivity contribution in [2.75, 3.05) is 33.9 Å². The molecule has 0 radical (unpaired) electrons. The fraction of sp³-hybridized carbons (Fsp3) is 0.600. The van der Waals surface area contributed by atoms with Crippen LogP contribution in [0.2, 0.25) is 0 Å². The van der Waals surface area contributed by atoms with Gasteiger partial charge in [0, 0.05) is 18.0 Å². The van der Waals surface area contributed by atoms with Crippen molar-refractivity contribution in [3.05, 3.63) is 34.9 Å². The average molecular weight is 341 g/mol. The lowest BCUT2D eigenvalue weighted by Crippen LogP contribution is -2.65. The van der Waals surface area contributed by atoms with Gasteiger partial charge in [0.2, 0.25) is 5.79 Å². The summed E-state index contributed by atoms with van der Waals surface area (Å²) in [6.07, 6.45) is 5.12. The summed E-state index contributed by atoms with van der Waals surface area (Å²) in [7, 11) is 3.96. The largest absolute Gasteiger partial charge is 0.493 e. The van der Waals surface area contributed by atoms with Crippen LogP contribution in [0.25, 0.3) is 0 Å². The highest BCUT2D eigenvalue weighted by atomic mass is 16.8. The van der Waals surface area contributed by atoms with Crippen molar-refractivity contribution in [3.63, 3.8) is 0 Å². The average Bonchev–Trinajstić information content (AvgIpc) is 3.23. The smallest absolute Gasteiger partial charge is 0.210 e. The number of fused-ring (bicyclic) bond motifs is 1. The minimum Gasteiger partial charge on any atom is -0.493 e. The van der Waals surface area contributed by atoms with Crippen LogP contribution >= 0.6 is 0 Å². The van der Waals surface area contributed by atoms with Crippen molar-refractivity contribution in [2.45, 2.75) is 42.6 Å². The Morgan fingerprint density at radius 3 is 2.88 bits per heavy atom. The van der Waals surface area contributed by atoms with Gasteiger partial charge in [0.15, 0.2) is 17.6 Å². The molecule has 2 bridgehead atoms. The van der Waals surface area contributed by atoms with Gasteiger partial charge in [0.1, 0.15) is 0 Å². The van der Waals surface area contributed by atoms with Crippen LogP contribution in [0.5, 0.6) is 11.5 Å². The summed E-state index contributed by atoms with van der Waals surface area (Å²) in [6, 6.07) is 4.73. The molecular weight excluding hydrogens is 318 g/mol. The van der Waals surface area contributed by atoms with Gasteiger partial charge in [0.05, 0.1) is 25.7 Å². The highest BCUT2D eigenvalue weighted by Gasteiger charge is 2.68. The quantitative estimate of drug-likeness (QED) is 0.731. The van der Waals surface area contributed by atoms with E-state index in [4.69, 9.17) is 18.9 Å². The van der Waals surface area contributed by atoms with Crippen molar-refractivity contribution in [3.8, 4) is 11.5 Å². The van der Waals surface area contributed by atoms with E-state index in [9.17, 15) is 0 Å². The molecule has 2 spiro atoms. The molecule has 6 rings (SSSR count). The molecule has 3 aliphatic heterocycles. The summed E-state index contributed by atoms with van der Waals surface area (Å²) in [5, 5.41) is 0. The topological polar surface area (TPSA) is 40.2 Å². The third-order valence-electron chi connectivity index (χ3n) is 7.02. The number of hydrogen-bond donors (Lipinski definition) is 0. The van der Waals surface area contributed by atoms with E-state index in [1.807, 2.05) is 0 Å². The number of likely N-dealkylation sites (tertiary alicyclic amines) is 1. The predicted octanol–water partition coefficient (Wildman–Crippen LogP) is 2.03. The molecule has 2 saturated heterocycles. The van der Waals surface area contributed by atoms with Crippen LogP contribution in [0.15, 0.2) is 23.8 Å². The molecule has 3 heterocycles. The first kappa shape index (κ1) is 14.6. The molecule has 5 nitrogen and oxygen atoms in total. The van der Waals surface area contributed by atoms with Crippen molar-refractivity contribution >= 4 is 0 Å². The maximum absolute atomic E-state index is 6.64. The maximum atomic E-state index is 6.64. The summed E-state index contributed by atoms with van der Waals surface area (Å²) in [4.78, 5) is 2.49. The standard InChI is InChI=1S/C20H23NO4/c1-21-8-7-19-13-5-6-20(23-9-10-24-20)18(19)25-17-15(22-2)4-3-12(16(17)19)11-14(13)21/h3-5,14,18H,6-11H2,1-2H3/t14-,18-,19+/m1/s1. The van der Waals surface area contributed by atoms with Crippen LogP contribution in [0.4, 0.5) is 0 Å². The van der Waals surface area contributed by atoms with Crippen LogP contribution in [-0.4, -0.2) is 56.7 Å². The van der Waals surface area contributed by atoms with Crippen LogP contribution in [0.1, 0.15) is 24.0 Å². The zero-order valence-electron chi connectivity index (χ0n) is 14.7. The molecule has 0 saturated carbocycles. The first-order valence-electron chi connectivity index (χ1n) is 9.25. The number of nitrogens with zero attached hydrogens (tertiary/aromatic N) is 1. The number of piperidine rings is 1. The highest BCUT2D eigenvalue weighted by molar-refractivity contribution is 5.66. The Morgan fingerprint density at radius 1 is 1.24 bits per heavy atom. The van der Waals surface area contributed by atoms with Gasteiger partial charge in [-0.1, -0.05) is 12.1 Å². The summed E-state index contributed by atoms with van der Waals surface area (Å²) in [5.74, 6) is 1.09. The van der Waals surface area contributed by atoms with Gasteiger partial charge < -0.3 is 18.9 Å². The monoisotopic (exact) mass is 341 g/mol. The molecule has 0 unspecified atom stereocenters. The first-order valence-corrected chi connectivity index (χ1v) is 9.25. The zero-order chi connectivity index (χ0) is 16.8. The Hall–Kier alpha value is -1.56. The van der Waals surface area contributed by atoms with E-state index in [0.29, 0.717) is 19.3 Å². The lowest BCUT2D eigenvalue weighted by molar-refractivity contribution is -0.226. The predicted molar refractivity (Wildman–Crippen MR) is 91.2 cm³/mol. The molecule has 5 aliphatic rings. The Balaban J connectivity index is 1.66. The number of benzene rings is 1. The number of ether oxygens (including phenoxy) is 4. The van der Waals surface area contributed by atoms with E-state index >= 15 is 0 Å². The van der Waals surface area contributed by atoms with E-state index < -0.39 is 5.79 Å². The van der Waals surface area contributed by atoms with Crippen molar-refractivity contribution in [2.24, 2.45) is 0 Å². The van der Waals surface area contributed by atoms with Crippen LogP contribution < -0.4 is 9.47 Å². The number of rotatable bonds is 1. The van der Waals surface area contributed by atoms with Gasteiger partial charge in [-0.05, 0) is 43.6 Å². The Morgan fingerprint density at radius 2 is 2.08 bits per heavy atom. The molecule has 0 aromatic heterocycles. The lowest BCUT2D eigenvalue weighted by atomic mass is 9.55. The maximum Gasteiger partial charge on any atom is 0.210 e. The summed E-state index contributed by atoms with van der Waals surface area (Å²) in [6.45, 7) is 2.35. The van der Waals surface area contributed by atoms with E-state index in [1.54, 1.807) is 7.11 Å². The molecule has 1 aromatic carbocycles. The third kappa shape index (κ3) is 1.52. The molecule has 132 valence electrons. The van der Waals surface area contributed by atoms with E-state index in [2.05, 4.69) is 30.2 Å². The molecule has 2 aliphatic carbocycles. The second kappa shape index (κ2) is 4.58. The van der Waals surface area contributed by atoms with E-state index in [1.165, 1.54) is 16.7 Å². The fourth-order valence-electron chi connectivity index (χ4n) is 5.99. The summed E-state index contributed by atoms with van der Waals surface area (Å²) < 4.78 is 24.6. The van der Waals surface area contributed by atoms with Gasteiger partial charge >= 0.3 is 0 Å². The van der Waals surface area contributed by atoms with Gasteiger partial charge in [-0.3, -0.25) is 4.90 Å². The van der Waals surface area contributed by atoms with E-state index in [0.717, 1.165) is 37.3 Å². The van der Waals surface area contributed by atoms with Crippen LogP contribution in [0, 0.1) is 0 Å². The van der Waals surface area contributed by atoms with Crippen LogP contribution in [0.3, 0.4) is 0 Å². The number of methoxy groups -OCH3 is 1. The molecule has 3 atom stereocenters. The van der Waals surface area contributed by atoms with Crippen LogP contribution in [-0.2, 0) is 21.3 Å². The minimum absolute atomic E-state index is 0.121. The van der Waals surface area contributed by atoms with Gasteiger partial charge in [-0.2, -0.15) is 0 Å². The minimum atomic E-state index is -0.650. The Kier molecular flexibility index (Phi) is 2.68. The van der Waals surface area contributed by atoms with Crippen molar-refractivity contribution in [1.82, 2.24) is 4.90 Å². The molecule has 5 heteroatoms. The molecule has 1 aromatic rings. The molecular formula is C20H23NO4. The highest BCUT2D eigenvalue weighted by Crippen LogP contribution is 2.64. The van der Waals surface area contributed by atoms with Gasteiger partial charge in [0.25, 0.3) is 0 Å². The third-order valence-corrected chi connectivity index (χ3v) is 7.02. The normalized spacial score (nSPS) is 36.8. The van der Waals surface area contributed by atoms with E-state index in [-0.39, 0.29) is 11.5 Å². The molecule has 25 heavy (non-hydrogen) atoms. The van der Waals surface area contributed by atoms with Gasteiger partial charge in [-0.15, -0.1) is 0 Å². The Bertz CT molecular complexity index is 797. The molecule has 2 fully saturated rings. The van der Waals surface area contributed by atoms with Crippen molar-refractivity contribution in [1.29, 1.82) is 0 Å². The first-order chi connectivity index (χ1) is 12.2. The fourth-order valence-corrected chi connectivity index (χ4v) is 5.99. The lowest BCUT2D eigenvalue weighted by Gasteiger charge is -2.56. The number of hydrogen-bond acceptors (Lipinski definition) is 5. The summed E-state index contributed by atoms with van der Waals surface area (Å²) in [5.41, 5.74) is 4.11. The second-order valence-corrected chi connectivity index (χ2v) is 7.92. The van der Waals surface area contributed by atoms with Gasteiger partial charge in [-0.25, -0.2) is 0 Å².